The second-order valence-corrected chi connectivity index (χ2v) is 8.34. The summed E-state index contributed by atoms with van der Waals surface area (Å²) in [5.74, 6) is -1.26. The lowest BCUT2D eigenvalue weighted by Crippen LogP contribution is -2.36. The van der Waals surface area contributed by atoms with Gasteiger partial charge in [0.1, 0.15) is 6.33 Å². The summed E-state index contributed by atoms with van der Waals surface area (Å²) in [7, 11) is 1.72. The van der Waals surface area contributed by atoms with E-state index < -0.39 is 23.4 Å². The van der Waals surface area contributed by atoms with Crippen LogP contribution in [0.2, 0.25) is 0 Å². The molecule has 3 rings (SSSR count). The Kier molecular flexibility index (Phi) is 8.14. The first-order valence-corrected chi connectivity index (χ1v) is 11.0. The molecule has 11 heteroatoms. The van der Waals surface area contributed by atoms with Crippen molar-refractivity contribution in [2.75, 3.05) is 6.61 Å². The minimum atomic E-state index is -0.819. The summed E-state index contributed by atoms with van der Waals surface area (Å²) in [4.78, 5) is 35.7. The quantitative estimate of drug-likeness (QED) is 0.272. The van der Waals surface area contributed by atoms with Gasteiger partial charge in [-0.3, -0.25) is 14.9 Å². The zero-order valence-electron chi connectivity index (χ0n) is 18.1. The summed E-state index contributed by atoms with van der Waals surface area (Å²) in [6, 6.07) is 13.8. The number of carbonyl (C=O) groups excluding carboxylic acids is 2. The highest BCUT2D eigenvalue weighted by Gasteiger charge is 2.21. The average molecular weight is 470 g/mol. The van der Waals surface area contributed by atoms with Crippen molar-refractivity contribution in [2.45, 2.75) is 35.9 Å². The van der Waals surface area contributed by atoms with Gasteiger partial charge in [-0.1, -0.05) is 30.3 Å². The Bertz CT molecular complexity index is 1140. The minimum Gasteiger partial charge on any atom is -0.452 e. The van der Waals surface area contributed by atoms with Gasteiger partial charge in [0, 0.05) is 19.2 Å². The van der Waals surface area contributed by atoms with Gasteiger partial charge < -0.3 is 14.6 Å². The molecule has 1 N–H and O–H groups in total. The van der Waals surface area contributed by atoms with Gasteiger partial charge in [-0.2, -0.15) is 0 Å². The number of amides is 1. The number of nitro benzene ring substituents is 1. The Labute approximate surface area is 194 Å². The predicted molar refractivity (Wildman–Crippen MR) is 121 cm³/mol. The van der Waals surface area contributed by atoms with Crippen LogP contribution < -0.4 is 5.32 Å². The molecule has 0 aliphatic carbocycles. The molecule has 2 aromatic carbocycles. The molecular formula is C22H23N5O5S. The average Bonchev–Trinajstić information content (AvgIpc) is 3.21. The molecule has 10 nitrogen and oxygen atoms in total. The van der Waals surface area contributed by atoms with Crippen LogP contribution in [-0.4, -0.2) is 44.2 Å². The van der Waals surface area contributed by atoms with Gasteiger partial charge >= 0.3 is 5.97 Å². The van der Waals surface area contributed by atoms with Gasteiger partial charge in [-0.25, -0.2) is 4.79 Å². The number of aryl methyl sites for hydroxylation is 2. The fourth-order valence-electron chi connectivity index (χ4n) is 2.97. The van der Waals surface area contributed by atoms with Gasteiger partial charge in [0.15, 0.2) is 11.8 Å². The zero-order valence-corrected chi connectivity index (χ0v) is 18.9. The summed E-state index contributed by atoms with van der Waals surface area (Å²) in [6.07, 6.45) is 3.03. The van der Waals surface area contributed by atoms with Gasteiger partial charge in [-0.15, -0.1) is 10.2 Å². The molecule has 0 spiro atoms. The van der Waals surface area contributed by atoms with Crippen LogP contribution >= 0.6 is 11.8 Å². The number of benzene rings is 2. The van der Waals surface area contributed by atoms with Crippen molar-refractivity contribution in [3.05, 3.63) is 76.1 Å². The molecule has 33 heavy (non-hydrogen) atoms. The van der Waals surface area contributed by atoms with E-state index in [-0.39, 0.29) is 17.3 Å². The largest absolute Gasteiger partial charge is 0.452 e. The number of aromatic nitrogens is 3. The topological polar surface area (TPSA) is 129 Å². The highest BCUT2D eigenvalue weighted by atomic mass is 32.2. The molecule has 0 saturated heterocycles. The van der Waals surface area contributed by atoms with Crippen molar-refractivity contribution in [2.24, 2.45) is 7.05 Å². The minimum absolute atomic E-state index is 0.0195. The molecule has 1 atom stereocenters. The third kappa shape index (κ3) is 6.88. The molecule has 172 valence electrons. The van der Waals surface area contributed by atoms with Crippen molar-refractivity contribution >= 4 is 29.3 Å². The normalized spacial score (nSPS) is 11.6. The van der Waals surface area contributed by atoms with Crippen molar-refractivity contribution in [1.29, 1.82) is 0 Å². The van der Waals surface area contributed by atoms with E-state index in [1.165, 1.54) is 24.0 Å². The molecule has 0 bridgehead atoms. The second kappa shape index (κ2) is 11.2. The van der Waals surface area contributed by atoms with Gasteiger partial charge in [0.2, 0.25) is 0 Å². The molecule has 1 amide bonds. The van der Waals surface area contributed by atoms with E-state index in [4.69, 9.17) is 4.74 Å². The fraction of sp³-hybridized carbons (Fsp3) is 0.273. The molecule has 3 aromatic rings. The summed E-state index contributed by atoms with van der Waals surface area (Å²) in [6.45, 7) is 1.40. The monoisotopic (exact) mass is 469 g/mol. The van der Waals surface area contributed by atoms with Crippen LogP contribution in [0.3, 0.4) is 0 Å². The van der Waals surface area contributed by atoms with Crippen LogP contribution in [0.25, 0.3) is 0 Å². The summed E-state index contributed by atoms with van der Waals surface area (Å²) < 4.78 is 6.67. The highest BCUT2D eigenvalue weighted by molar-refractivity contribution is 7.99. The Hall–Kier alpha value is -3.73. The summed E-state index contributed by atoms with van der Waals surface area (Å²) in [5.41, 5.74) is 0.887. The Morgan fingerprint density at radius 3 is 2.67 bits per heavy atom. The third-order valence-corrected chi connectivity index (χ3v) is 5.83. The molecule has 1 aromatic heterocycles. The maximum atomic E-state index is 12.3. The van der Waals surface area contributed by atoms with Crippen molar-refractivity contribution < 1.29 is 19.2 Å². The number of nitro groups is 1. The Morgan fingerprint density at radius 2 is 2.00 bits per heavy atom. The molecule has 0 saturated carbocycles. The van der Waals surface area contributed by atoms with E-state index in [1.807, 2.05) is 37.3 Å². The number of nitrogens with one attached hydrogen (secondary N) is 1. The first-order chi connectivity index (χ1) is 15.8. The first kappa shape index (κ1) is 23.9. The van der Waals surface area contributed by atoms with E-state index in [0.29, 0.717) is 10.1 Å². The molecular weight excluding hydrogens is 446 g/mol. The number of hydrogen-bond donors (Lipinski definition) is 1. The van der Waals surface area contributed by atoms with Crippen LogP contribution in [0.1, 0.15) is 29.3 Å². The molecule has 0 aliphatic heterocycles. The smallest absolute Gasteiger partial charge is 0.338 e. The van der Waals surface area contributed by atoms with E-state index >= 15 is 0 Å². The Balaban J connectivity index is 1.53. The van der Waals surface area contributed by atoms with Gasteiger partial charge in [-0.05, 0) is 49.2 Å². The molecule has 0 unspecified atom stereocenters. The van der Waals surface area contributed by atoms with Crippen molar-refractivity contribution in [3.63, 3.8) is 0 Å². The van der Waals surface area contributed by atoms with Crippen molar-refractivity contribution in [3.8, 4) is 0 Å². The van der Waals surface area contributed by atoms with Crippen LogP contribution in [0.4, 0.5) is 5.69 Å². The SMILES string of the molecule is C[C@@H](CCc1ccccc1)NC(=O)COC(=O)c1ccc(Sc2nncn2C)c([N+](=O)[O-])c1. The number of rotatable bonds is 10. The lowest BCUT2D eigenvalue weighted by atomic mass is 10.1. The molecule has 1 heterocycles. The second-order valence-electron chi connectivity index (χ2n) is 7.34. The maximum absolute atomic E-state index is 12.3. The predicted octanol–water partition coefficient (Wildman–Crippen LogP) is 3.17. The Morgan fingerprint density at radius 1 is 1.24 bits per heavy atom. The first-order valence-electron chi connectivity index (χ1n) is 10.1. The molecule has 0 radical (unpaired) electrons. The zero-order chi connectivity index (χ0) is 23.8. The van der Waals surface area contributed by atoms with Crippen LogP contribution in [0.15, 0.2) is 64.9 Å². The standard InChI is InChI=1S/C22H23N5O5S/c1-15(8-9-16-6-4-3-5-7-16)24-20(28)13-32-21(29)17-10-11-19(18(12-17)27(30)31)33-22-25-23-14-26(22)2/h3-7,10-12,14-15H,8-9,13H2,1-2H3,(H,24,28)/t15-/m0/s1. The lowest BCUT2D eigenvalue weighted by molar-refractivity contribution is -0.387. The van der Waals surface area contributed by atoms with Gasteiger partial charge in [0.05, 0.1) is 15.4 Å². The molecule has 0 fully saturated rings. The highest BCUT2D eigenvalue weighted by Crippen LogP contribution is 2.34. The number of carbonyl (C=O) groups is 2. The summed E-state index contributed by atoms with van der Waals surface area (Å²) >= 11 is 1.06. The number of ether oxygens (including phenoxy) is 1. The number of nitrogens with zero attached hydrogens (tertiary/aromatic N) is 4. The van der Waals surface area contributed by atoms with E-state index in [1.54, 1.807) is 11.6 Å². The van der Waals surface area contributed by atoms with Crippen molar-refractivity contribution in [1.82, 2.24) is 20.1 Å². The van der Waals surface area contributed by atoms with Gasteiger partial charge in [0.25, 0.3) is 11.6 Å². The van der Waals surface area contributed by atoms with E-state index in [9.17, 15) is 19.7 Å². The third-order valence-electron chi connectivity index (χ3n) is 4.71. The number of esters is 1. The fourth-order valence-corrected chi connectivity index (χ4v) is 3.82. The van der Waals surface area contributed by atoms with Crippen LogP contribution in [0, 0.1) is 10.1 Å². The number of hydrogen-bond acceptors (Lipinski definition) is 8. The van der Waals surface area contributed by atoms with E-state index in [0.717, 1.165) is 30.7 Å². The van der Waals surface area contributed by atoms with Crippen LogP contribution in [0.5, 0.6) is 0 Å². The van der Waals surface area contributed by atoms with Crippen LogP contribution in [-0.2, 0) is 23.0 Å². The lowest BCUT2D eigenvalue weighted by Gasteiger charge is -2.14. The molecule has 0 aliphatic rings. The summed E-state index contributed by atoms with van der Waals surface area (Å²) in [5, 5.41) is 22.4. The maximum Gasteiger partial charge on any atom is 0.338 e. The van der Waals surface area contributed by atoms with E-state index in [2.05, 4.69) is 15.5 Å².